The van der Waals surface area contributed by atoms with Crippen LogP contribution in [0, 0.1) is 5.41 Å². The van der Waals surface area contributed by atoms with Crippen molar-refractivity contribution in [1.82, 2.24) is 0 Å². The summed E-state index contributed by atoms with van der Waals surface area (Å²) in [5.74, 6) is -0.234. The van der Waals surface area contributed by atoms with Crippen LogP contribution in [0.5, 0.6) is 0 Å². The summed E-state index contributed by atoms with van der Waals surface area (Å²) in [6.45, 7) is 7.26. The highest BCUT2D eigenvalue weighted by atomic mass is 16.5. The van der Waals surface area contributed by atoms with Crippen molar-refractivity contribution in [3.8, 4) is 0 Å². The van der Waals surface area contributed by atoms with Gasteiger partial charge in [0.1, 0.15) is 6.61 Å². The van der Waals surface area contributed by atoms with Crippen molar-refractivity contribution < 1.29 is 14.6 Å². The lowest BCUT2D eigenvalue weighted by molar-refractivity contribution is -0.151. The van der Waals surface area contributed by atoms with Crippen molar-refractivity contribution in [2.75, 3.05) is 6.61 Å². The average molecular weight is 186 g/mol. The normalized spacial score (nSPS) is 14.5. The van der Waals surface area contributed by atoms with Gasteiger partial charge in [-0.15, -0.1) is 0 Å². The smallest absolute Gasteiger partial charge is 0.311 e. The van der Waals surface area contributed by atoms with Crippen LogP contribution < -0.4 is 0 Å². The van der Waals surface area contributed by atoms with Gasteiger partial charge in [0.2, 0.25) is 0 Å². The van der Waals surface area contributed by atoms with Crippen LogP contribution in [0.2, 0.25) is 0 Å². The van der Waals surface area contributed by atoms with Gasteiger partial charge >= 0.3 is 5.97 Å². The van der Waals surface area contributed by atoms with E-state index in [-0.39, 0.29) is 12.6 Å². The van der Waals surface area contributed by atoms with Crippen LogP contribution in [-0.4, -0.2) is 23.8 Å². The summed E-state index contributed by atoms with van der Waals surface area (Å²) in [6.07, 6.45) is 2.72. The Morgan fingerprint density at radius 1 is 1.54 bits per heavy atom. The molecule has 1 atom stereocenters. The predicted molar refractivity (Wildman–Crippen MR) is 51.2 cm³/mol. The average Bonchev–Trinajstić information content (AvgIpc) is 1.95. The SMILES string of the molecule is C[C@H](O)/C=C/COC(=O)C(C)(C)C. The Morgan fingerprint density at radius 2 is 2.08 bits per heavy atom. The first kappa shape index (κ1) is 12.2. The number of aliphatic hydroxyl groups excluding tert-OH is 1. The highest BCUT2D eigenvalue weighted by Gasteiger charge is 2.22. The Kier molecular flexibility index (Phi) is 4.70. The summed E-state index contributed by atoms with van der Waals surface area (Å²) in [5, 5.41) is 8.85. The van der Waals surface area contributed by atoms with Gasteiger partial charge in [-0.1, -0.05) is 6.08 Å². The summed E-state index contributed by atoms with van der Waals surface area (Å²) in [5.41, 5.74) is -0.460. The number of carbonyl (C=O) groups excluding carboxylic acids is 1. The van der Waals surface area contributed by atoms with E-state index in [1.165, 1.54) is 0 Å². The fourth-order valence-corrected chi connectivity index (χ4v) is 0.593. The molecule has 0 fully saturated rings. The van der Waals surface area contributed by atoms with Crippen molar-refractivity contribution in [3.05, 3.63) is 12.2 Å². The predicted octanol–water partition coefficient (Wildman–Crippen LogP) is 1.51. The zero-order chi connectivity index (χ0) is 10.5. The number of hydrogen-bond acceptors (Lipinski definition) is 3. The first-order chi connectivity index (χ1) is 5.84. The molecule has 0 bridgehead atoms. The molecule has 0 amide bonds. The minimum absolute atomic E-state index is 0.223. The number of carbonyl (C=O) groups is 1. The minimum atomic E-state index is -0.492. The molecule has 13 heavy (non-hydrogen) atoms. The lowest BCUT2D eigenvalue weighted by atomic mass is 9.97. The third-order valence-electron chi connectivity index (χ3n) is 1.34. The molecule has 0 radical (unpaired) electrons. The zero-order valence-corrected chi connectivity index (χ0v) is 8.70. The van der Waals surface area contributed by atoms with Crippen LogP contribution in [0.1, 0.15) is 27.7 Å². The van der Waals surface area contributed by atoms with Gasteiger partial charge in [-0.25, -0.2) is 0 Å². The van der Waals surface area contributed by atoms with Gasteiger partial charge < -0.3 is 9.84 Å². The van der Waals surface area contributed by atoms with Crippen molar-refractivity contribution in [3.63, 3.8) is 0 Å². The number of ether oxygens (including phenoxy) is 1. The standard InChI is InChI=1S/C10H18O3/c1-8(11)6-5-7-13-9(12)10(2,3)4/h5-6,8,11H,7H2,1-4H3/b6-5+/t8-/m0/s1. The molecule has 0 aliphatic carbocycles. The molecule has 0 aromatic carbocycles. The molecule has 0 aliphatic rings. The van der Waals surface area contributed by atoms with Crippen molar-refractivity contribution in [2.24, 2.45) is 5.41 Å². The molecule has 0 aromatic heterocycles. The lowest BCUT2D eigenvalue weighted by Crippen LogP contribution is -2.22. The van der Waals surface area contributed by atoms with Crippen LogP contribution in [0.4, 0.5) is 0 Å². The van der Waals surface area contributed by atoms with Crippen molar-refractivity contribution in [2.45, 2.75) is 33.8 Å². The van der Waals surface area contributed by atoms with Gasteiger partial charge in [-0.3, -0.25) is 4.79 Å². The molecule has 0 rings (SSSR count). The monoisotopic (exact) mass is 186 g/mol. The van der Waals surface area contributed by atoms with E-state index in [4.69, 9.17) is 9.84 Å². The Hall–Kier alpha value is -0.830. The largest absolute Gasteiger partial charge is 0.461 e. The fourth-order valence-electron chi connectivity index (χ4n) is 0.593. The fraction of sp³-hybridized carbons (Fsp3) is 0.700. The molecule has 3 heteroatoms. The number of hydrogen-bond donors (Lipinski definition) is 1. The first-order valence-corrected chi connectivity index (χ1v) is 4.36. The molecule has 0 saturated carbocycles. The van der Waals surface area contributed by atoms with Gasteiger partial charge in [0.25, 0.3) is 0 Å². The lowest BCUT2D eigenvalue weighted by Gasteiger charge is -2.15. The van der Waals surface area contributed by atoms with E-state index in [0.29, 0.717) is 0 Å². The number of rotatable bonds is 3. The maximum absolute atomic E-state index is 11.2. The van der Waals surface area contributed by atoms with Crippen molar-refractivity contribution in [1.29, 1.82) is 0 Å². The minimum Gasteiger partial charge on any atom is -0.461 e. The maximum Gasteiger partial charge on any atom is 0.311 e. The van der Waals surface area contributed by atoms with Crippen LogP contribution in [0.15, 0.2) is 12.2 Å². The second-order valence-electron chi connectivity index (χ2n) is 4.02. The molecule has 76 valence electrons. The quantitative estimate of drug-likeness (QED) is 0.537. The summed E-state index contributed by atoms with van der Waals surface area (Å²) < 4.78 is 4.92. The summed E-state index contributed by atoms with van der Waals surface area (Å²) in [7, 11) is 0. The third-order valence-corrected chi connectivity index (χ3v) is 1.34. The highest BCUT2D eigenvalue weighted by Crippen LogP contribution is 2.14. The molecule has 0 spiro atoms. The van der Waals surface area contributed by atoms with Gasteiger partial charge in [0.05, 0.1) is 11.5 Å². The van der Waals surface area contributed by atoms with E-state index < -0.39 is 11.5 Å². The Balaban J connectivity index is 3.73. The van der Waals surface area contributed by atoms with E-state index >= 15 is 0 Å². The van der Waals surface area contributed by atoms with Gasteiger partial charge in [0.15, 0.2) is 0 Å². The second-order valence-corrected chi connectivity index (χ2v) is 4.02. The topological polar surface area (TPSA) is 46.5 Å². The van der Waals surface area contributed by atoms with Gasteiger partial charge in [-0.05, 0) is 33.8 Å². The summed E-state index contributed by atoms with van der Waals surface area (Å²) in [6, 6.07) is 0. The van der Waals surface area contributed by atoms with Crippen molar-refractivity contribution >= 4 is 5.97 Å². The van der Waals surface area contributed by atoms with E-state index in [1.54, 1.807) is 39.8 Å². The van der Waals surface area contributed by atoms with Crippen LogP contribution in [0.25, 0.3) is 0 Å². The van der Waals surface area contributed by atoms with Crippen LogP contribution in [0.3, 0.4) is 0 Å². The summed E-state index contributed by atoms with van der Waals surface area (Å²) >= 11 is 0. The molecule has 0 aliphatic heterocycles. The summed E-state index contributed by atoms with van der Waals surface area (Å²) in [4.78, 5) is 11.2. The number of aliphatic hydroxyl groups is 1. The third kappa shape index (κ3) is 6.34. The van der Waals surface area contributed by atoms with Crippen LogP contribution >= 0.6 is 0 Å². The van der Waals surface area contributed by atoms with E-state index in [0.717, 1.165) is 0 Å². The molecular formula is C10H18O3. The molecule has 3 nitrogen and oxygen atoms in total. The molecule has 1 N–H and O–H groups in total. The molecule has 0 aromatic rings. The Morgan fingerprint density at radius 3 is 2.46 bits per heavy atom. The molecule has 0 saturated heterocycles. The zero-order valence-electron chi connectivity index (χ0n) is 8.70. The Bertz CT molecular complexity index is 187. The van der Waals surface area contributed by atoms with E-state index in [2.05, 4.69) is 0 Å². The second kappa shape index (κ2) is 5.02. The van der Waals surface area contributed by atoms with E-state index in [1.807, 2.05) is 0 Å². The highest BCUT2D eigenvalue weighted by molar-refractivity contribution is 5.75. The molecule has 0 unspecified atom stereocenters. The first-order valence-electron chi connectivity index (χ1n) is 4.36. The molecule has 0 heterocycles. The molecular weight excluding hydrogens is 168 g/mol. The van der Waals surface area contributed by atoms with Crippen LogP contribution in [-0.2, 0) is 9.53 Å². The maximum atomic E-state index is 11.2. The van der Waals surface area contributed by atoms with Gasteiger partial charge in [-0.2, -0.15) is 0 Å². The number of esters is 1. The van der Waals surface area contributed by atoms with E-state index in [9.17, 15) is 4.79 Å². The van der Waals surface area contributed by atoms with Gasteiger partial charge in [0, 0.05) is 0 Å². The Labute approximate surface area is 79.4 Å².